The zero-order valence-corrected chi connectivity index (χ0v) is 14.8. The van der Waals surface area contributed by atoms with Gasteiger partial charge in [-0.05, 0) is 44.6 Å². The lowest BCUT2D eigenvalue weighted by Gasteiger charge is -2.32. The third-order valence-corrected chi connectivity index (χ3v) is 4.53. The highest BCUT2D eigenvalue weighted by atomic mass is 16.5. The maximum Gasteiger partial charge on any atom is 0.271 e. The topological polar surface area (TPSA) is 50.6 Å². The highest BCUT2D eigenvalue weighted by molar-refractivity contribution is 5.45. The van der Waals surface area contributed by atoms with Crippen molar-refractivity contribution in [3.63, 3.8) is 0 Å². The summed E-state index contributed by atoms with van der Waals surface area (Å²) in [5.74, 6) is 0.697. The van der Waals surface area contributed by atoms with Gasteiger partial charge in [-0.1, -0.05) is 12.1 Å². The van der Waals surface area contributed by atoms with Crippen molar-refractivity contribution in [2.45, 2.75) is 12.8 Å². The zero-order valence-electron chi connectivity index (χ0n) is 14.8. The molecule has 0 spiro atoms. The molecule has 1 saturated heterocycles. The summed E-state index contributed by atoms with van der Waals surface area (Å²) in [6, 6.07) is 10.7. The van der Waals surface area contributed by atoms with Crippen molar-refractivity contribution in [3.8, 4) is 11.4 Å². The molecule has 0 unspecified atom stereocenters. The van der Waals surface area contributed by atoms with E-state index in [1.165, 1.54) is 10.7 Å². The van der Waals surface area contributed by atoms with E-state index in [9.17, 15) is 4.79 Å². The Morgan fingerprint density at radius 1 is 1.04 bits per heavy atom. The molecule has 0 N–H and O–H groups in total. The molecular formula is C19H26N4O2. The van der Waals surface area contributed by atoms with Crippen LogP contribution in [-0.4, -0.2) is 66.0 Å². The Morgan fingerprint density at radius 3 is 2.64 bits per heavy atom. The third-order valence-electron chi connectivity index (χ3n) is 4.53. The van der Waals surface area contributed by atoms with Gasteiger partial charge in [-0.25, -0.2) is 0 Å². The van der Waals surface area contributed by atoms with Gasteiger partial charge in [-0.2, -0.15) is 9.78 Å². The van der Waals surface area contributed by atoms with Gasteiger partial charge in [0.25, 0.3) is 5.56 Å². The summed E-state index contributed by atoms with van der Waals surface area (Å²) in [5, 5.41) is 4.13. The minimum absolute atomic E-state index is 0.159. The van der Waals surface area contributed by atoms with E-state index in [1.54, 1.807) is 12.3 Å². The number of rotatable bonds is 7. The van der Waals surface area contributed by atoms with E-state index in [1.807, 2.05) is 24.3 Å². The number of para-hydroxylation sites is 2. The molecule has 6 heteroatoms. The Morgan fingerprint density at radius 2 is 1.84 bits per heavy atom. The van der Waals surface area contributed by atoms with Crippen LogP contribution in [0.25, 0.3) is 5.69 Å². The molecule has 0 bridgehead atoms. The van der Waals surface area contributed by atoms with Crippen LogP contribution in [-0.2, 0) is 0 Å². The van der Waals surface area contributed by atoms with Crippen LogP contribution in [0.1, 0.15) is 12.8 Å². The van der Waals surface area contributed by atoms with E-state index in [4.69, 9.17) is 4.74 Å². The highest BCUT2D eigenvalue weighted by Crippen LogP contribution is 2.20. The van der Waals surface area contributed by atoms with Crippen LogP contribution in [0, 0.1) is 0 Å². The number of piperazine rings is 1. The predicted molar refractivity (Wildman–Crippen MR) is 98.5 cm³/mol. The van der Waals surface area contributed by atoms with Crippen molar-refractivity contribution < 1.29 is 4.74 Å². The Bertz CT molecular complexity index is 723. The SMILES string of the molecule is CN1CCN(CCCCOc2ccccc2-n2ncccc2=O)CC1. The molecule has 1 aromatic carbocycles. The number of benzene rings is 1. The fourth-order valence-electron chi connectivity index (χ4n) is 2.98. The molecule has 0 aliphatic carbocycles. The quantitative estimate of drug-likeness (QED) is 0.716. The van der Waals surface area contributed by atoms with Crippen molar-refractivity contribution >= 4 is 0 Å². The summed E-state index contributed by atoms with van der Waals surface area (Å²) in [6.45, 7) is 6.39. The van der Waals surface area contributed by atoms with Crippen molar-refractivity contribution in [3.05, 3.63) is 52.9 Å². The molecule has 0 atom stereocenters. The first kappa shape index (κ1) is 17.6. The van der Waals surface area contributed by atoms with E-state index >= 15 is 0 Å². The van der Waals surface area contributed by atoms with Gasteiger partial charge in [0.05, 0.1) is 6.61 Å². The number of unbranched alkanes of at least 4 members (excludes halogenated alkanes) is 1. The zero-order chi connectivity index (χ0) is 17.5. The highest BCUT2D eigenvalue weighted by Gasteiger charge is 2.13. The van der Waals surface area contributed by atoms with Gasteiger partial charge in [-0.15, -0.1) is 0 Å². The Labute approximate surface area is 148 Å². The molecule has 0 amide bonds. The summed E-state index contributed by atoms with van der Waals surface area (Å²) in [7, 11) is 2.18. The first-order chi connectivity index (χ1) is 12.2. The number of aromatic nitrogens is 2. The largest absolute Gasteiger partial charge is 0.491 e. The van der Waals surface area contributed by atoms with Crippen molar-refractivity contribution in [1.82, 2.24) is 19.6 Å². The molecule has 2 aromatic rings. The Balaban J connectivity index is 1.49. The minimum atomic E-state index is -0.159. The molecule has 134 valence electrons. The van der Waals surface area contributed by atoms with Gasteiger partial charge < -0.3 is 14.5 Å². The number of ether oxygens (including phenoxy) is 1. The van der Waals surface area contributed by atoms with Crippen molar-refractivity contribution in [1.29, 1.82) is 0 Å². The van der Waals surface area contributed by atoms with E-state index in [0.29, 0.717) is 18.0 Å². The molecule has 1 aliphatic heterocycles. The van der Waals surface area contributed by atoms with Gasteiger partial charge >= 0.3 is 0 Å². The predicted octanol–water partition coefficient (Wildman–Crippen LogP) is 1.64. The standard InChI is InChI=1S/C19H26N4O2/c1-21-12-14-22(15-13-21)11-4-5-16-25-18-8-3-2-7-17(18)23-19(24)9-6-10-20-23/h2-3,6-10H,4-5,11-16H2,1H3. The molecule has 6 nitrogen and oxygen atoms in total. The lowest BCUT2D eigenvalue weighted by atomic mass is 10.2. The van der Waals surface area contributed by atoms with Crippen molar-refractivity contribution in [2.24, 2.45) is 0 Å². The molecular weight excluding hydrogens is 316 g/mol. The Hall–Kier alpha value is -2.18. The van der Waals surface area contributed by atoms with Crippen LogP contribution in [0.2, 0.25) is 0 Å². The van der Waals surface area contributed by atoms with E-state index in [2.05, 4.69) is 21.9 Å². The van der Waals surface area contributed by atoms with Crippen LogP contribution >= 0.6 is 0 Å². The summed E-state index contributed by atoms with van der Waals surface area (Å²) in [5.41, 5.74) is 0.529. The lowest BCUT2D eigenvalue weighted by Crippen LogP contribution is -2.44. The Kier molecular flexibility index (Phi) is 6.19. The minimum Gasteiger partial charge on any atom is -0.491 e. The molecule has 25 heavy (non-hydrogen) atoms. The first-order valence-electron chi connectivity index (χ1n) is 8.91. The van der Waals surface area contributed by atoms with E-state index in [0.717, 1.165) is 45.6 Å². The molecule has 3 rings (SSSR count). The second-order valence-electron chi connectivity index (χ2n) is 6.44. The van der Waals surface area contributed by atoms with Crippen molar-refractivity contribution in [2.75, 3.05) is 46.4 Å². The summed E-state index contributed by atoms with van der Waals surface area (Å²) in [4.78, 5) is 16.9. The van der Waals surface area contributed by atoms with Gasteiger partial charge in [0.15, 0.2) is 0 Å². The smallest absolute Gasteiger partial charge is 0.271 e. The van der Waals surface area contributed by atoms with Crippen LogP contribution in [0.15, 0.2) is 47.4 Å². The van der Waals surface area contributed by atoms with Gasteiger partial charge in [0, 0.05) is 38.4 Å². The number of hydrogen-bond donors (Lipinski definition) is 0. The van der Waals surface area contributed by atoms with Gasteiger partial charge in [-0.3, -0.25) is 4.79 Å². The van der Waals surface area contributed by atoms with Gasteiger partial charge in [0.2, 0.25) is 0 Å². The molecule has 2 heterocycles. The van der Waals surface area contributed by atoms with Crippen LogP contribution in [0.4, 0.5) is 0 Å². The second-order valence-corrected chi connectivity index (χ2v) is 6.44. The molecule has 1 aliphatic rings. The normalized spacial score (nSPS) is 16.0. The number of hydrogen-bond acceptors (Lipinski definition) is 5. The lowest BCUT2D eigenvalue weighted by molar-refractivity contribution is 0.150. The maximum absolute atomic E-state index is 12.0. The molecule has 0 radical (unpaired) electrons. The van der Waals surface area contributed by atoms with E-state index in [-0.39, 0.29) is 5.56 Å². The fourth-order valence-corrected chi connectivity index (χ4v) is 2.98. The monoisotopic (exact) mass is 342 g/mol. The van der Waals surface area contributed by atoms with Crippen LogP contribution < -0.4 is 10.3 Å². The number of nitrogens with zero attached hydrogens (tertiary/aromatic N) is 4. The average molecular weight is 342 g/mol. The molecule has 1 aromatic heterocycles. The van der Waals surface area contributed by atoms with Crippen LogP contribution in [0.5, 0.6) is 5.75 Å². The number of likely N-dealkylation sites (N-methyl/N-ethyl adjacent to an activating group) is 1. The molecule has 1 fully saturated rings. The average Bonchev–Trinajstić information content (AvgIpc) is 2.64. The summed E-state index contributed by atoms with van der Waals surface area (Å²) >= 11 is 0. The second kappa shape index (κ2) is 8.78. The summed E-state index contributed by atoms with van der Waals surface area (Å²) in [6.07, 6.45) is 3.72. The summed E-state index contributed by atoms with van der Waals surface area (Å²) < 4.78 is 7.30. The maximum atomic E-state index is 12.0. The van der Waals surface area contributed by atoms with E-state index < -0.39 is 0 Å². The fraction of sp³-hybridized carbons (Fsp3) is 0.474. The first-order valence-corrected chi connectivity index (χ1v) is 8.91. The van der Waals surface area contributed by atoms with Crippen LogP contribution in [0.3, 0.4) is 0 Å². The van der Waals surface area contributed by atoms with Gasteiger partial charge in [0.1, 0.15) is 11.4 Å². The molecule has 0 saturated carbocycles. The third kappa shape index (κ3) is 4.90.